The summed E-state index contributed by atoms with van der Waals surface area (Å²) in [5.74, 6) is 0.370. The summed E-state index contributed by atoms with van der Waals surface area (Å²) in [7, 11) is 1.74. The van der Waals surface area contributed by atoms with Crippen molar-refractivity contribution in [2.75, 3.05) is 11.1 Å². The van der Waals surface area contributed by atoms with Crippen LogP contribution < -0.4 is 11.1 Å². The zero-order valence-electron chi connectivity index (χ0n) is 10.9. The standard InChI is InChI=1S/C11H12N8O/c1-5-3-6(19(2)18-5)15-11(20)8-7-9(12)13-4-14-10(7)17-16-8/h3-4H,1-2H3,(H,15,20)(H3,12,13,14,16,17). The van der Waals surface area contributed by atoms with Crippen LogP contribution in [0, 0.1) is 6.92 Å². The fourth-order valence-electron chi connectivity index (χ4n) is 1.95. The van der Waals surface area contributed by atoms with Crippen LogP contribution in [0.15, 0.2) is 12.4 Å². The number of H-pyrrole nitrogens is 1. The zero-order chi connectivity index (χ0) is 14.3. The lowest BCUT2D eigenvalue weighted by Crippen LogP contribution is -2.15. The van der Waals surface area contributed by atoms with Crippen molar-refractivity contribution in [2.24, 2.45) is 7.05 Å². The fraction of sp³-hybridized carbons (Fsp3) is 0.182. The molecule has 0 atom stereocenters. The van der Waals surface area contributed by atoms with Gasteiger partial charge in [-0.25, -0.2) is 9.97 Å². The number of nitrogens with zero attached hydrogens (tertiary/aromatic N) is 5. The van der Waals surface area contributed by atoms with Crippen LogP contribution in [-0.4, -0.2) is 35.9 Å². The lowest BCUT2D eigenvalue weighted by Gasteiger charge is -2.03. The summed E-state index contributed by atoms with van der Waals surface area (Å²) in [6.07, 6.45) is 1.31. The number of nitrogens with one attached hydrogen (secondary N) is 2. The number of anilines is 2. The summed E-state index contributed by atoms with van der Waals surface area (Å²) in [6.45, 7) is 1.84. The number of nitrogens with two attached hydrogens (primary N) is 1. The van der Waals surface area contributed by atoms with Gasteiger partial charge in [0.1, 0.15) is 18.0 Å². The van der Waals surface area contributed by atoms with Gasteiger partial charge < -0.3 is 11.1 Å². The highest BCUT2D eigenvalue weighted by atomic mass is 16.2. The van der Waals surface area contributed by atoms with Crippen LogP contribution in [0.4, 0.5) is 11.6 Å². The Hall–Kier alpha value is -2.97. The highest BCUT2D eigenvalue weighted by Gasteiger charge is 2.19. The predicted molar refractivity (Wildman–Crippen MR) is 72.0 cm³/mol. The van der Waals surface area contributed by atoms with Gasteiger partial charge in [0, 0.05) is 13.1 Å². The molecule has 0 bridgehead atoms. The van der Waals surface area contributed by atoms with Gasteiger partial charge in [0.2, 0.25) is 0 Å². The molecule has 3 aromatic rings. The second kappa shape index (κ2) is 4.30. The van der Waals surface area contributed by atoms with E-state index in [2.05, 4.69) is 30.6 Å². The van der Waals surface area contributed by atoms with Crippen molar-refractivity contribution in [3.8, 4) is 0 Å². The van der Waals surface area contributed by atoms with Crippen LogP contribution in [0.1, 0.15) is 16.2 Å². The molecule has 0 fully saturated rings. The Morgan fingerprint density at radius 2 is 2.25 bits per heavy atom. The molecule has 9 nitrogen and oxygen atoms in total. The summed E-state index contributed by atoms with van der Waals surface area (Å²) in [6, 6.07) is 1.76. The molecular weight excluding hydrogens is 260 g/mol. The molecule has 3 heterocycles. The van der Waals surface area contributed by atoms with Gasteiger partial charge in [-0.1, -0.05) is 0 Å². The molecule has 3 aromatic heterocycles. The number of hydrogen-bond acceptors (Lipinski definition) is 6. The van der Waals surface area contributed by atoms with Crippen molar-refractivity contribution < 1.29 is 4.79 Å². The average molecular weight is 272 g/mol. The molecule has 0 radical (unpaired) electrons. The number of aromatic amines is 1. The molecule has 0 saturated heterocycles. The number of hydrogen-bond donors (Lipinski definition) is 3. The first kappa shape index (κ1) is 12.1. The van der Waals surface area contributed by atoms with Gasteiger partial charge in [0.05, 0.1) is 11.1 Å². The average Bonchev–Trinajstić information content (AvgIpc) is 2.94. The Bertz CT molecular complexity index is 802. The van der Waals surface area contributed by atoms with Crippen molar-refractivity contribution in [2.45, 2.75) is 6.92 Å². The zero-order valence-corrected chi connectivity index (χ0v) is 10.9. The van der Waals surface area contributed by atoms with E-state index in [1.165, 1.54) is 6.33 Å². The number of aryl methyl sites for hydroxylation is 2. The van der Waals surface area contributed by atoms with Gasteiger partial charge in [-0.3, -0.25) is 14.6 Å². The predicted octanol–water partition coefficient (Wildman–Crippen LogP) is 0.229. The van der Waals surface area contributed by atoms with Gasteiger partial charge in [-0.05, 0) is 6.92 Å². The first-order valence-corrected chi connectivity index (χ1v) is 5.83. The highest BCUT2D eigenvalue weighted by Crippen LogP contribution is 2.19. The summed E-state index contributed by atoms with van der Waals surface area (Å²) in [5.41, 5.74) is 7.13. The van der Waals surface area contributed by atoms with E-state index in [1.807, 2.05) is 6.92 Å². The number of carbonyl (C=O) groups excluding carboxylic acids is 1. The normalized spacial score (nSPS) is 10.9. The van der Waals surface area contributed by atoms with Crippen LogP contribution in [0.2, 0.25) is 0 Å². The topological polar surface area (TPSA) is 127 Å². The van der Waals surface area contributed by atoms with Crippen molar-refractivity contribution >= 4 is 28.6 Å². The van der Waals surface area contributed by atoms with Crippen molar-refractivity contribution in [1.29, 1.82) is 0 Å². The molecule has 9 heteroatoms. The van der Waals surface area contributed by atoms with E-state index in [9.17, 15) is 4.79 Å². The minimum absolute atomic E-state index is 0.150. The number of aromatic nitrogens is 6. The molecule has 102 valence electrons. The summed E-state index contributed by atoms with van der Waals surface area (Å²) in [5, 5.41) is 13.9. The first-order chi connectivity index (χ1) is 9.56. The third-order valence-corrected chi connectivity index (χ3v) is 2.85. The molecule has 3 rings (SSSR count). The maximum atomic E-state index is 12.3. The molecule has 0 aliphatic carbocycles. The minimum atomic E-state index is -0.402. The Morgan fingerprint density at radius 3 is 2.95 bits per heavy atom. The molecule has 0 aliphatic rings. The fourth-order valence-corrected chi connectivity index (χ4v) is 1.95. The number of rotatable bonds is 2. The molecular formula is C11H12N8O. The minimum Gasteiger partial charge on any atom is -0.383 e. The Kier molecular flexibility index (Phi) is 2.60. The largest absolute Gasteiger partial charge is 0.383 e. The number of carbonyl (C=O) groups is 1. The van der Waals surface area contributed by atoms with E-state index in [0.717, 1.165) is 5.69 Å². The van der Waals surface area contributed by atoms with Crippen molar-refractivity contribution in [1.82, 2.24) is 29.9 Å². The van der Waals surface area contributed by atoms with Gasteiger partial charge in [-0.2, -0.15) is 10.2 Å². The van der Waals surface area contributed by atoms with E-state index in [1.54, 1.807) is 17.8 Å². The molecule has 0 aromatic carbocycles. The SMILES string of the molecule is Cc1cc(NC(=O)c2n[nH]c3ncnc(N)c23)n(C)n1. The first-order valence-electron chi connectivity index (χ1n) is 5.83. The van der Waals surface area contributed by atoms with Crippen LogP contribution in [0.3, 0.4) is 0 Å². The smallest absolute Gasteiger partial charge is 0.278 e. The molecule has 4 N–H and O–H groups in total. The third kappa shape index (κ3) is 1.85. The Labute approximate surface area is 113 Å². The quantitative estimate of drug-likeness (QED) is 0.612. The summed E-state index contributed by atoms with van der Waals surface area (Å²) in [4.78, 5) is 20.1. The number of fused-ring (bicyclic) bond motifs is 1. The Morgan fingerprint density at radius 1 is 1.45 bits per heavy atom. The number of amides is 1. The monoisotopic (exact) mass is 272 g/mol. The van der Waals surface area contributed by atoms with Crippen LogP contribution in [0.25, 0.3) is 11.0 Å². The van der Waals surface area contributed by atoms with E-state index in [0.29, 0.717) is 16.9 Å². The van der Waals surface area contributed by atoms with E-state index in [-0.39, 0.29) is 11.5 Å². The molecule has 0 aliphatic heterocycles. The van der Waals surface area contributed by atoms with Gasteiger partial charge in [0.25, 0.3) is 5.91 Å². The van der Waals surface area contributed by atoms with E-state index >= 15 is 0 Å². The van der Waals surface area contributed by atoms with Gasteiger partial charge >= 0.3 is 0 Å². The molecule has 0 saturated carbocycles. The molecule has 1 amide bonds. The van der Waals surface area contributed by atoms with E-state index in [4.69, 9.17) is 5.73 Å². The maximum Gasteiger partial charge on any atom is 0.278 e. The summed E-state index contributed by atoms with van der Waals surface area (Å²) < 4.78 is 1.57. The molecule has 0 spiro atoms. The third-order valence-electron chi connectivity index (χ3n) is 2.85. The van der Waals surface area contributed by atoms with Crippen LogP contribution >= 0.6 is 0 Å². The van der Waals surface area contributed by atoms with Crippen LogP contribution in [0.5, 0.6) is 0 Å². The Balaban J connectivity index is 1.99. The van der Waals surface area contributed by atoms with Crippen LogP contribution in [-0.2, 0) is 7.05 Å². The van der Waals surface area contributed by atoms with Crippen molar-refractivity contribution in [3.63, 3.8) is 0 Å². The number of nitrogen functional groups attached to an aromatic ring is 1. The summed E-state index contributed by atoms with van der Waals surface area (Å²) >= 11 is 0. The lowest BCUT2D eigenvalue weighted by atomic mass is 10.2. The second-order valence-electron chi connectivity index (χ2n) is 4.30. The van der Waals surface area contributed by atoms with Gasteiger partial charge in [-0.15, -0.1) is 0 Å². The molecule has 0 unspecified atom stereocenters. The second-order valence-corrected chi connectivity index (χ2v) is 4.30. The highest BCUT2D eigenvalue weighted by molar-refractivity contribution is 6.12. The lowest BCUT2D eigenvalue weighted by molar-refractivity contribution is 0.102. The maximum absolute atomic E-state index is 12.3. The molecule has 20 heavy (non-hydrogen) atoms. The van der Waals surface area contributed by atoms with E-state index < -0.39 is 5.91 Å². The van der Waals surface area contributed by atoms with Crippen molar-refractivity contribution in [3.05, 3.63) is 23.8 Å². The van der Waals surface area contributed by atoms with Gasteiger partial charge in [0.15, 0.2) is 11.3 Å².